The van der Waals surface area contributed by atoms with Gasteiger partial charge < -0.3 is 15.3 Å². The van der Waals surface area contributed by atoms with Crippen molar-refractivity contribution in [3.05, 3.63) is 56.0 Å². The molecular formula is C19H18N6OS. The minimum atomic E-state index is -0.276. The predicted octanol–water partition coefficient (Wildman–Crippen LogP) is 1.60. The maximum Gasteiger partial charge on any atom is 0.323 e. The van der Waals surface area contributed by atoms with Crippen LogP contribution < -0.4 is 21.7 Å². The molecule has 0 atom stereocenters. The van der Waals surface area contributed by atoms with Crippen molar-refractivity contribution in [2.75, 3.05) is 5.32 Å². The Labute approximate surface area is 158 Å². The van der Waals surface area contributed by atoms with E-state index in [1.165, 1.54) is 17.7 Å². The van der Waals surface area contributed by atoms with Crippen LogP contribution in [0, 0.1) is 6.92 Å². The first-order valence-electron chi connectivity index (χ1n) is 8.78. The van der Waals surface area contributed by atoms with Gasteiger partial charge in [-0.1, -0.05) is 6.58 Å². The molecule has 27 heavy (non-hydrogen) atoms. The zero-order valence-electron chi connectivity index (χ0n) is 14.7. The molecule has 0 bridgehead atoms. The average molecular weight is 378 g/mol. The van der Waals surface area contributed by atoms with Gasteiger partial charge in [-0.2, -0.15) is 9.61 Å². The van der Waals surface area contributed by atoms with E-state index in [2.05, 4.69) is 52.1 Å². The third-order valence-electron chi connectivity index (χ3n) is 4.56. The van der Waals surface area contributed by atoms with E-state index in [9.17, 15) is 4.79 Å². The van der Waals surface area contributed by atoms with Gasteiger partial charge in [0.25, 0.3) is 0 Å². The molecule has 4 heterocycles. The molecule has 0 amide bonds. The molecule has 1 aliphatic carbocycles. The van der Waals surface area contributed by atoms with E-state index in [4.69, 9.17) is 4.98 Å². The first-order valence-corrected chi connectivity index (χ1v) is 9.59. The fourth-order valence-electron chi connectivity index (χ4n) is 3.03. The Bertz CT molecular complexity index is 1320. The molecular weight excluding hydrogens is 360 g/mol. The molecule has 8 heteroatoms. The molecule has 3 N–H and O–H groups in total. The van der Waals surface area contributed by atoms with E-state index in [0.29, 0.717) is 16.7 Å². The minimum Gasteiger partial charge on any atom is -0.367 e. The number of hydrogen-bond donors (Lipinski definition) is 3. The van der Waals surface area contributed by atoms with Crippen molar-refractivity contribution in [2.45, 2.75) is 25.8 Å². The molecule has 5 rings (SSSR count). The van der Waals surface area contributed by atoms with Crippen LogP contribution in [0.4, 0.5) is 5.82 Å². The highest BCUT2D eigenvalue weighted by Crippen LogP contribution is 2.31. The lowest BCUT2D eigenvalue weighted by Gasteiger charge is -2.09. The lowest BCUT2D eigenvalue weighted by Crippen LogP contribution is -2.22. The van der Waals surface area contributed by atoms with E-state index in [1.54, 1.807) is 17.5 Å². The number of nitrogens with zero attached hydrogens (tertiary/aromatic N) is 3. The summed E-state index contributed by atoms with van der Waals surface area (Å²) < 4.78 is 1.82. The van der Waals surface area contributed by atoms with Gasteiger partial charge in [-0.25, -0.2) is 9.78 Å². The number of anilines is 1. The summed E-state index contributed by atoms with van der Waals surface area (Å²) in [6, 6.07) is 6.75. The fourth-order valence-corrected chi connectivity index (χ4v) is 3.86. The van der Waals surface area contributed by atoms with E-state index < -0.39 is 0 Å². The van der Waals surface area contributed by atoms with Gasteiger partial charge in [0.15, 0.2) is 5.65 Å². The third kappa shape index (κ3) is 2.97. The Balaban J connectivity index is 1.73. The lowest BCUT2D eigenvalue weighted by atomic mass is 10.2. The summed E-state index contributed by atoms with van der Waals surface area (Å²) in [6.07, 6.45) is 5.95. The van der Waals surface area contributed by atoms with Gasteiger partial charge in [0.1, 0.15) is 5.82 Å². The molecule has 0 saturated heterocycles. The lowest BCUT2D eigenvalue weighted by molar-refractivity contribution is 0.926. The number of fused-ring (bicyclic) bond motifs is 1. The van der Waals surface area contributed by atoms with Crippen LogP contribution >= 0.6 is 11.3 Å². The van der Waals surface area contributed by atoms with Crippen LogP contribution in [0.5, 0.6) is 0 Å². The maximum atomic E-state index is 11.5. The normalized spacial score (nSPS) is 14.9. The number of thiophene rings is 1. The third-order valence-corrected chi connectivity index (χ3v) is 5.58. The van der Waals surface area contributed by atoms with Crippen LogP contribution in [0.2, 0.25) is 0 Å². The number of aromatic amines is 2. The zero-order chi connectivity index (χ0) is 18.5. The van der Waals surface area contributed by atoms with Gasteiger partial charge in [0.05, 0.1) is 27.5 Å². The van der Waals surface area contributed by atoms with E-state index in [-0.39, 0.29) is 5.69 Å². The number of nitrogens with one attached hydrogen (secondary N) is 3. The number of aryl methyl sites for hydroxylation is 1. The summed E-state index contributed by atoms with van der Waals surface area (Å²) in [5.74, 6) is 0.931. The van der Waals surface area contributed by atoms with Crippen molar-refractivity contribution < 1.29 is 0 Å². The Morgan fingerprint density at radius 3 is 2.89 bits per heavy atom. The molecule has 7 nitrogen and oxygen atoms in total. The first-order chi connectivity index (χ1) is 13.1. The van der Waals surface area contributed by atoms with Crippen LogP contribution in [-0.4, -0.2) is 30.6 Å². The average Bonchev–Trinajstić information content (AvgIpc) is 3.04. The molecule has 0 radical (unpaired) electrons. The summed E-state index contributed by atoms with van der Waals surface area (Å²) in [5.41, 5.74) is 2.20. The fraction of sp³-hybridized carbons (Fsp3) is 0.211. The summed E-state index contributed by atoms with van der Waals surface area (Å²) >= 11 is 1.72. The van der Waals surface area contributed by atoms with Gasteiger partial charge >= 0.3 is 5.69 Å². The Morgan fingerprint density at radius 1 is 1.37 bits per heavy atom. The molecule has 1 fully saturated rings. The number of imidazole rings is 1. The summed E-state index contributed by atoms with van der Waals surface area (Å²) in [5, 5.41) is 9.23. The van der Waals surface area contributed by atoms with Crippen molar-refractivity contribution in [1.29, 1.82) is 0 Å². The number of H-pyrrole nitrogens is 2. The highest BCUT2D eigenvalue weighted by atomic mass is 32.1. The quantitative estimate of drug-likeness (QED) is 0.503. The van der Waals surface area contributed by atoms with Crippen LogP contribution in [0.25, 0.3) is 28.9 Å². The SMILES string of the molecule is C=c1[nH]c(=O)[nH]/c1=C\c1cnn2c(NC3CC3)cc(-c3ccc(C)s3)nc12. The van der Waals surface area contributed by atoms with Crippen LogP contribution in [0.15, 0.2) is 29.2 Å². The van der Waals surface area contributed by atoms with E-state index in [1.807, 2.05) is 10.6 Å². The van der Waals surface area contributed by atoms with Crippen molar-refractivity contribution in [1.82, 2.24) is 24.6 Å². The summed E-state index contributed by atoms with van der Waals surface area (Å²) in [4.78, 5) is 24.1. The molecule has 0 spiro atoms. The molecule has 4 aromatic heterocycles. The van der Waals surface area contributed by atoms with Gasteiger partial charge in [0.2, 0.25) is 0 Å². The summed E-state index contributed by atoms with van der Waals surface area (Å²) in [7, 11) is 0. The van der Waals surface area contributed by atoms with E-state index >= 15 is 0 Å². The molecule has 0 aromatic carbocycles. The zero-order valence-corrected chi connectivity index (χ0v) is 15.6. The Hall–Kier alpha value is -3.13. The number of rotatable bonds is 4. The van der Waals surface area contributed by atoms with Gasteiger partial charge in [-0.05, 0) is 38.0 Å². The maximum absolute atomic E-state index is 11.5. The van der Waals surface area contributed by atoms with Crippen molar-refractivity contribution >= 4 is 35.5 Å². The van der Waals surface area contributed by atoms with Gasteiger partial charge in [-0.3, -0.25) is 0 Å². The van der Waals surface area contributed by atoms with Crippen LogP contribution in [-0.2, 0) is 0 Å². The highest BCUT2D eigenvalue weighted by molar-refractivity contribution is 7.15. The monoisotopic (exact) mass is 378 g/mol. The largest absolute Gasteiger partial charge is 0.367 e. The second kappa shape index (κ2) is 5.95. The second-order valence-corrected chi connectivity index (χ2v) is 8.09. The topological polar surface area (TPSA) is 90.9 Å². The van der Waals surface area contributed by atoms with E-state index in [0.717, 1.165) is 27.6 Å². The smallest absolute Gasteiger partial charge is 0.323 e. The molecule has 1 aliphatic rings. The first kappa shape index (κ1) is 16.1. The van der Waals surface area contributed by atoms with Gasteiger partial charge in [-0.15, -0.1) is 11.3 Å². The van der Waals surface area contributed by atoms with Gasteiger partial charge in [0, 0.05) is 22.5 Å². The second-order valence-electron chi connectivity index (χ2n) is 6.81. The van der Waals surface area contributed by atoms with Crippen molar-refractivity contribution in [3.63, 3.8) is 0 Å². The standard InChI is InChI=1S/C19H18N6OS/c1-10-3-6-16(27-10)15-8-17(22-13-4-5-13)25-18(23-15)12(9-20-25)7-14-11(2)21-19(26)24-14/h3,6-9,13,22H,2,4-5H2,1H3,(H2,21,24,26)/b14-7-. The molecule has 136 valence electrons. The van der Waals surface area contributed by atoms with Crippen LogP contribution in [0.1, 0.15) is 23.3 Å². The Morgan fingerprint density at radius 2 is 2.22 bits per heavy atom. The minimum absolute atomic E-state index is 0.276. The molecule has 0 aliphatic heterocycles. The molecule has 1 saturated carbocycles. The highest BCUT2D eigenvalue weighted by Gasteiger charge is 2.23. The number of hydrogen-bond acceptors (Lipinski definition) is 5. The van der Waals surface area contributed by atoms with Crippen molar-refractivity contribution in [3.8, 4) is 10.6 Å². The molecule has 0 unspecified atom stereocenters. The van der Waals surface area contributed by atoms with Crippen molar-refractivity contribution in [2.24, 2.45) is 0 Å². The summed E-state index contributed by atoms with van der Waals surface area (Å²) in [6.45, 7) is 5.95. The van der Waals surface area contributed by atoms with Crippen LogP contribution in [0.3, 0.4) is 0 Å². The predicted molar refractivity (Wildman–Crippen MR) is 107 cm³/mol. The number of aromatic nitrogens is 5. The Kier molecular flexibility index (Phi) is 3.54. The molecule has 4 aromatic rings.